The smallest absolute Gasteiger partial charge is 0.0582 e. The molecule has 0 N–H and O–H groups in total. The first kappa shape index (κ1) is 25.8. The molecule has 2 aliphatic rings. The Balaban J connectivity index is 0. The van der Waals surface area contributed by atoms with E-state index in [2.05, 4.69) is 57.7 Å². The van der Waals surface area contributed by atoms with Crippen molar-refractivity contribution in [2.24, 2.45) is 15.2 Å². The van der Waals surface area contributed by atoms with Crippen molar-refractivity contribution in [1.29, 1.82) is 0 Å². The zero-order chi connectivity index (χ0) is 18.1. The Hall–Kier alpha value is 0.540. The van der Waals surface area contributed by atoms with Crippen LogP contribution in [0.3, 0.4) is 0 Å². The van der Waals surface area contributed by atoms with Crippen molar-refractivity contribution in [3.05, 3.63) is 19.8 Å². The second-order valence-corrected chi connectivity index (χ2v) is 8.12. The van der Waals surface area contributed by atoms with Gasteiger partial charge >= 0.3 is 57.0 Å². The van der Waals surface area contributed by atoms with Crippen molar-refractivity contribution in [3.63, 3.8) is 0 Å². The molecule has 2 saturated carbocycles. The molecule has 0 aromatic carbocycles. The summed E-state index contributed by atoms with van der Waals surface area (Å²) in [6, 6.07) is 0. The van der Waals surface area contributed by atoms with Crippen molar-refractivity contribution in [2.45, 2.75) is 105 Å². The quantitative estimate of drug-likeness (QED) is 0.355. The fraction of sp³-hybridized carbons (Fsp3) is 0.857. The third-order valence-electron chi connectivity index (χ3n) is 4.40. The standard InChI is InChI=1S/C8H15.C6H11.C5H11N.C2H5.Ta/c1-7-4-3-5-8(2)6-7;1-2-4-6-5-3-1;1-4-5(2,3)6;1-2;/h3,7-8H,4-6H2,1-2H3;1H,2-6H2;4H2,1-3H3;1H2,2H3;/q2*-1;;-1;. The van der Waals surface area contributed by atoms with Crippen LogP contribution in [-0.2, 0) is 20.9 Å². The van der Waals surface area contributed by atoms with Crippen LogP contribution in [0.15, 0.2) is 3.34 Å². The van der Waals surface area contributed by atoms with E-state index in [1.807, 2.05) is 0 Å². The van der Waals surface area contributed by atoms with Crippen molar-refractivity contribution in [2.75, 3.05) is 0 Å². The molecule has 0 amide bonds. The Morgan fingerprint density at radius 2 is 1.48 bits per heavy atom. The Labute approximate surface area is 160 Å². The van der Waals surface area contributed by atoms with E-state index in [1.165, 1.54) is 51.4 Å². The van der Waals surface area contributed by atoms with Crippen LogP contribution in [-0.4, -0.2) is 5.54 Å². The van der Waals surface area contributed by atoms with Gasteiger partial charge < -0.3 is 19.8 Å². The predicted octanol–water partition coefficient (Wildman–Crippen LogP) is 7.55. The molecule has 2 heteroatoms. The Kier molecular flexibility index (Phi) is 19.5. The van der Waals surface area contributed by atoms with Crippen LogP contribution in [0.25, 0.3) is 0 Å². The van der Waals surface area contributed by atoms with Gasteiger partial charge in [0.2, 0.25) is 0 Å². The van der Waals surface area contributed by atoms with E-state index in [9.17, 15) is 0 Å². The Bertz CT molecular complexity index is 227. The van der Waals surface area contributed by atoms with Crippen molar-refractivity contribution < 1.29 is 20.9 Å². The molecule has 2 unspecified atom stereocenters. The van der Waals surface area contributed by atoms with Crippen molar-refractivity contribution >= 4 is 0 Å². The monoisotopic (exact) mass is 489 g/mol. The maximum Gasteiger partial charge on any atom is -0.0582 e. The second-order valence-electron chi connectivity index (χ2n) is 7.40. The molecule has 0 aliphatic heterocycles. The number of hydrogen-bond donors (Lipinski definition) is 0. The van der Waals surface area contributed by atoms with Gasteiger partial charge in [-0.15, -0.1) is 0 Å². The van der Waals surface area contributed by atoms with Gasteiger partial charge in [0.15, 0.2) is 0 Å². The van der Waals surface area contributed by atoms with Gasteiger partial charge in [-0.25, -0.2) is 0 Å². The summed E-state index contributed by atoms with van der Waals surface area (Å²) in [6.07, 6.45) is 17.2. The number of hydrogen-bond acceptors (Lipinski definition) is 1. The van der Waals surface area contributed by atoms with Gasteiger partial charge in [0.05, 0.1) is 0 Å². The molecule has 0 spiro atoms. The minimum Gasteiger partial charge on any atom is -0.346 e. The Morgan fingerprint density at radius 1 is 1.00 bits per heavy atom. The number of rotatable bonds is 2. The minimum absolute atomic E-state index is 0.258. The maximum atomic E-state index is 4.25. The van der Waals surface area contributed by atoms with Gasteiger partial charge in [0.1, 0.15) is 0 Å². The third-order valence-corrected chi connectivity index (χ3v) is 6.34. The van der Waals surface area contributed by atoms with Crippen LogP contribution >= 0.6 is 0 Å². The average Bonchev–Trinajstić information content (AvgIpc) is 2.59. The zero-order valence-corrected chi connectivity index (χ0v) is 20.0. The van der Waals surface area contributed by atoms with E-state index in [0.717, 1.165) is 39.1 Å². The van der Waals surface area contributed by atoms with E-state index in [4.69, 9.17) is 0 Å². The first-order valence-electron chi connectivity index (χ1n) is 9.61. The molecule has 2 aliphatic carbocycles. The normalized spacial score (nSPS) is 23.7. The van der Waals surface area contributed by atoms with Crippen LogP contribution < -0.4 is 0 Å². The molecule has 23 heavy (non-hydrogen) atoms. The summed E-state index contributed by atoms with van der Waals surface area (Å²) in [5.74, 6) is 1.91. The fourth-order valence-electron chi connectivity index (χ4n) is 2.51. The van der Waals surface area contributed by atoms with Crippen LogP contribution in [0.5, 0.6) is 0 Å². The van der Waals surface area contributed by atoms with E-state index < -0.39 is 0 Å². The molecular formula is C21H42NTa-3. The molecule has 1 nitrogen and oxygen atoms in total. The van der Waals surface area contributed by atoms with Crippen LogP contribution in [0.4, 0.5) is 0 Å². The van der Waals surface area contributed by atoms with E-state index in [1.54, 1.807) is 6.92 Å². The first-order chi connectivity index (χ1) is 10.9. The molecule has 0 aromatic heterocycles. The second kappa shape index (κ2) is 17.4. The molecule has 0 saturated heterocycles. The molecule has 0 heterocycles. The molecular weight excluding hydrogens is 447 g/mol. The number of nitrogens with zero attached hydrogens (tertiary/aromatic N) is 1. The molecule has 2 fully saturated rings. The van der Waals surface area contributed by atoms with E-state index in [0.29, 0.717) is 0 Å². The summed E-state index contributed by atoms with van der Waals surface area (Å²) in [5, 5.41) is 0. The van der Waals surface area contributed by atoms with Gasteiger partial charge in [0.25, 0.3) is 0 Å². The summed E-state index contributed by atoms with van der Waals surface area (Å²) in [6.45, 7) is 16.2. The SMILES string of the molecule is CC1C[CH-]CC(C)C1.CCC(C)(C)[N]=[Ta].[CH-]1CCCCC1.[CH2-]C. The van der Waals surface area contributed by atoms with Crippen molar-refractivity contribution in [3.8, 4) is 0 Å². The van der Waals surface area contributed by atoms with Crippen LogP contribution in [0.1, 0.15) is 99.3 Å². The first-order valence-corrected chi connectivity index (χ1v) is 11.0. The molecule has 2 rings (SSSR count). The largest absolute Gasteiger partial charge is 0.346 e. The van der Waals surface area contributed by atoms with Gasteiger partial charge in [-0.05, 0) is 0 Å². The zero-order valence-electron chi connectivity index (χ0n) is 16.8. The molecule has 0 bridgehead atoms. The van der Waals surface area contributed by atoms with Gasteiger partial charge in [-0.1, -0.05) is 51.4 Å². The van der Waals surface area contributed by atoms with Gasteiger partial charge in [-0.3, -0.25) is 0 Å². The maximum absolute atomic E-state index is 4.25. The van der Waals surface area contributed by atoms with Crippen molar-refractivity contribution in [1.82, 2.24) is 0 Å². The van der Waals surface area contributed by atoms with Crippen LogP contribution in [0, 0.1) is 31.6 Å². The summed E-state index contributed by atoms with van der Waals surface area (Å²) in [7, 11) is 0. The van der Waals surface area contributed by atoms with E-state index >= 15 is 0 Å². The molecule has 139 valence electrons. The average molecular weight is 490 g/mol. The third kappa shape index (κ3) is 18.7. The van der Waals surface area contributed by atoms with Crippen LogP contribution in [0.2, 0.25) is 0 Å². The minimum atomic E-state index is 0.258. The predicted molar refractivity (Wildman–Crippen MR) is 102 cm³/mol. The summed E-state index contributed by atoms with van der Waals surface area (Å²) in [4.78, 5) is 0. The molecule has 0 radical (unpaired) electrons. The summed E-state index contributed by atoms with van der Waals surface area (Å²) in [5.41, 5.74) is 0.258. The summed E-state index contributed by atoms with van der Waals surface area (Å²) < 4.78 is 4.25. The van der Waals surface area contributed by atoms with Gasteiger partial charge in [-0.2, -0.15) is 32.6 Å². The summed E-state index contributed by atoms with van der Waals surface area (Å²) >= 11 is 1.16. The molecule has 2 atom stereocenters. The van der Waals surface area contributed by atoms with E-state index in [-0.39, 0.29) is 5.54 Å². The van der Waals surface area contributed by atoms with Gasteiger partial charge in [0, 0.05) is 0 Å². The Morgan fingerprint density at radius 3 is 1.61 bits per heavy atom. The molecule has 0 aromatic rings. The fourth-order valence-corrected chi connectivity index (χ4v) is 3.02. The topological polar surface area (TPSA) is 12.4 Å².